The minimum absolute atomic E-state index is 0.101. The number of unbranched alkanes of at least 4 members (excludes halogenated alkanes) is 27. The van der Waals surface area contributed by atoms with Gasteiger partial charge in [0.05, 0.1) is 6.61 Å². The van der Waals surface area contributed by atoms with Crippen LogP contribution in [0.25, 0.3) is 0 Å². The summed E-state index contributed by atoms with van der Waals surface area (Å²) in [6.45, 7) is 3.31. The standard InChI is InChI=1S/C47H89O13P/c1-3-5-7-9-11-13-15-17-19-20-21-22-24-26-28-30-32-34-36-41(49)59-39(38-58-61(55,56)60-47-45(53)43(51)42(50)44(52)46(47)54)37-57-40(48)35-33-31-29-27-25-23-18-16-14-12-10-8-6-4-2/h16,18,39,42-47,50-54H,3-15,17,19-38H2,1-2H3,(H,55,56)/b18-16+/t39-,42?,43-,44?,45?,46?,47?/m1/s1. The molecule has 0 heterocycles. The molecule has 14 heteroatoms. The van der Waals surface area contributed by atoms with E-state index in [2.05, 4.69) is 26.0 Å². The van der Waals surface area contributed by atoms with Crippen LogP contribution in [0.15, 0.2) is 12.2 Å². The second-order valence-electron chi connectivity index (χ2n) is 17.3. The smallest absolute Gasteiger partial charge is 0.462 e. The monoisotopic (exact) mass is 893 g/mol. The summed E-state index contributed by atoms with van der Waals surface area (Å²) in [6.07, 6.45) is 26.9. The van der Waals surface area contributed by atoms with Crippen LogP contribution in [-0.4, -0.2) is 98.3 Å². The predicted octanol–water partition coefficient (Wildman–Crippen LogP) is 9.84. The van der Waals surface area contributed by atoms with Crippen LogP contribution in [0.5, 0.6) is 0 Å². The fourth-order valence-corrected chi connectivity index (χ4v) is 8.61. The van der Waals surface area contributed by atoms with Crippen molar-refractivity contribution in [1.82, 2.24) is 0 Å². The Morgan fingerprint density at radius 1 is 0.492 bits per heavy atom. The maximum absolute atomic E-state index is 12.8. The molecule has 0 aliphatic heterocycles. The van der Waals surface area contributed by atoms with Crippen LogP contribution < -0.4 is 0 Å². The number of phosphoric acid groups is 1. The van der Waals surface area contributed by atoms with Gasteiger partial charge in [0.25, 0.3) is 0 Å². The molecule has 1 aliphatic rings. The summed E-state index contributed by atoms with van der Waals surface area (Å²) >= 11 is 0. The topological polar surface area (TPSA) is 210 Å². The van der Waals surface area contributed by atoms with Gasteiger partial charge in [0.2, 0.25) is 0 Å². The first-order valence-corrected chi connectivity index (χ1v) is 26.0. The van der Waals surface area contributed by atoms with Crippen LogP contribution >= 0.6 is 7.82 Å². The van der Waals surface area contributed by atoms with Gasteiger partial charge in [-0.25, -0.2) is 4.57 Å². The van der Waals surface area contributed by atoms with Crippen LogP contribution in [0.2, 0.25) is 0 Å². The van der Waals surface area contributed by atoms with Crippen molar-refractivity contribution in [1.29, 1.82) is 0 Å². The first-order valence-electron chi connectivity index (χ1n) is 24.5. The molecule has 360 valence electrons. The first kappa shape index (κ1) is 57.6. The van der Waals surface area contributed by atoms with E-state index < -0.39 is 75.7 Å². The van der Waals surface area contributed by atoms with Gasteiger partial charge in [-0.2, -0.15) is 0 Å². The lowest BCUT2D eigenvalue weighted by atomic mass is 9.85. The van der Waals surface area contributed by atoms with Gasteiger partial charge in [0, 0.05) is 12.8 Å². The number of allylic oxidation sites excluding steroid dienone is 2. The van der Waals surface area contributed by atoms with E-state index in [1.165, 1.54) is 122 Å². The Labute approximate surface area is 369 Å². The summed E-state index contributed by atoms with van der Waals surface area (Å²) in [4.78, 5) is 35.7. The van der Waals surface area contributed by atoms with Crippen LogP contribution in [0, 0.1) is 0 Å². The number of aliphatic hydroxyl groups excluding tert-OH is 5. The van der Waals surface area contributed by atoms with Crippen molar-refractivity contribution in [3.8, 4) is 0 Å². The van der Waals surface area contributed by atoms with Gasteiger partial charge in [0.1, 0.15) is 43.2 Å². The molecule has 6 unspecified atom stereocenters. The van der Waals surface area contributed by atoms with Gasteiger partial charge >= 0.3 is 19.8 Å². The third kappa shape index (κ3) is 30.4. The summed E-state index contributed by atoms with van der Waals surface area (Å²) < 4.78 is 33.6. The molecule has 1 saturated carbocycles. The van der Waals surface area contributed by atoms with Crippen molar-refractivity contribution in [2.24, 2.45) is 0 Å². The molecule has 0 bridgehead atoms. The normalized spacial score (nSPS) is 22.0. The van der Waals surface area contributed by atoms with Gasteiger partial charge in [-0.1, -0.05) is 180 Å². The highest BCUT2D eigenvalue weighted by atomic mass is 31.2. The van der Waals surface area contributed by atoms with E-state index in [4.69, 9.17) is 18.5 Å². The second kappa shape index (κ2) is 37.9. The van der Waals surface area contributed by atoms with E-state index in [1.807, 2.05) is 0 Å². The maximum atomic E-state index is 12.8. The van der Waals surface area contributed by atoms with Crippen molar-refractivity contribution < 1.29 is 63.1 Å². The Balaban J connectivity index is 2.42. The molecule has 0 spiro atoms. The summed E-state index contributed by atoms with van der Waals surface area (Å²) in [5, 5.41) is 50.2. The lowest BCUT2D eigenvalue weighted by Gasteiger charge is -2.41. The molecule has 0 saturated heterocycles. The molecule has 0 aromatic rings. The highest BCUT2D eigenvalue weighted by molar-refractivity contribution is 7.47. The quantitative estimate of drug-likeness (QED) is 0.0146. The van der Waals surface area contributed by atoms with Crippen molar-refractivity contribution in [3.63, 3.8) is 0 Å². The van der Waals surface area contributed by atoms with E-state index in [-0.39, 0.29) is 12.8 Å². The number of hydrogen-bond donors (Lipinski definition) is 6. The second-order valence-corrected chi connectivity index (χ2v) is 18.7. The summed E-state index contributed by atoms with van der Waals surface area (Å²) in [7, 11) is -5.11. The number of aliphatic hydroxyl groups is 5. The molecule has 1 rings (SSSR count). The van der Waals surface area contributed by atoms with E-state index in [0.717, 1.165) is 57.8 Å². The van der Waals surface area contributed by atoms with Gasteiger partial charge in [-0.3, -0.25) is 18.6 Å². The summed E-state index contributed by atoms with van der Waals surface area (Å²) in [5.41, 5.74) is 0. The molecule has 8 atom stereocenters. The number of ether oxygens (including phenoxy) is 2. The minimum atomic E-state index is -5.11. The lowest BCUT2D eigenvalue weighted by molar-refractivity contribution is -0.220. The van der Waals surface area contributed by atoms with E-state index in [9.17, 15) is 44.6 Å². The van der Waals surface area contributed by atoms with Crippen molar-refractivity contribution in [3.05, 3.63) is 12.2 Å². The average Bonchev–Trinajstić information content (AvgIpc) is 3.24. The molecule has 13 nitrogen and oxygen atoms in total. The number of hydrogen-bond acceptors (Lipinski definition) is 12. The number of carbonyl (C=O) groups excluding carboxylic acids is 2. The zero-order valence-electron chi connectivity index (χ0n) is 38.2. The largest absolute Gasteiger partial charge is 0.472 e. The van der Waals surface area contributed by atoms with Gasteiger partial charge in [0.15, 0.2) is 6.10 Å². The van der Waals surface area contributed by atoms with Gasteiger partial charge < -0.3 is 39.9 Å². The average molecular weight is 893 g/mol. The van der Waals surface area contributed by atoms with E-state index in [1.54, 1.807) is 0 Å². The SMILES string of the molecule is CCCCCCC/C=C/CCCCCCCC(=O)OC[C@H](COP(=O)(O)OC1C(O)C(O)C(O)[C@@H](O)C1O)OC(=O)CCCCCCCCCCCCCCCCCCCC. The molecule has 0 radical (unpaired) electrons. The molecule has 0 aromatic carbocycles. The zero-order valence-corrected chi connectivity index (χ0v) is 39.1. The van der Waals surface area contributed by atoms with Gasteiger partial charge in [-0.15, -0.1) is 0 Å². The van der Waals surface area contributed by atoms with Crippen molar-refractivity contribution >= 4 is 19.8 Å². The van der Waals surface area contributed by atoms with Crippen LogP contribution in [0.3, 0.4) is 0 Å². The van der Waals surface area contributed by atoms with Crippen LogP contribution in [0.4, 0.5) is 0 Å². The zero-order chi connectivity index (χ0) is 45.0. The van der Waals surface area contributed by atoms with Crippen LogP contribution in [0.1, 0.15) is 219 Å². The molecular weight excluding hydrogens is 803 g/mol. The maximum Gasteiger partial charge on any atom is 0.472 e. The number of carbonyl (C=O) groups is 2. The lowest BCUT2D eigenvalue weighted by Crippen LogP contribution is -2.64. The Morgan fingerprint density at radius 2 is 0.836 bits per heavy atom. The fourth-order valence-electron chi connectivity index (χ4n) is 7.64. The van der Waals surface area contributed by atoms with Crippen molar-refractivity contribution in [2.75, 3.05) is 13.2 Å². The molecule has 1 fully saturated rings. The van der Waals surface area contributed by atoms with E-state index >= 15 is 0 Å². The summed E-state index contributed by atoms with van der Waals surface area (Å²) in [6, 6.07) is 0. The predicted molar refractivity (Wildman–Crippen MR) is 240 cm³/mol. The Hall–Kier alpha value is -1.41. The van der Waals surface area contributed by atoms with Gasteiger partial charge in [-0.05, 0) is 38.5 Å². The molecule has 6 N–H and O–H groups in total. The Kier molecular flexibility index (Phi) is 35.8. The van der Waals surface area contributed by atoms with E-state index in [0.29, 0.717) is 12.8 Å². The van der Waals surface area contributed by atoms with Crippen LogP contribution in [-0.2, 0) is 32.7 Å². The first-order chi connectivity index (χ1) is 29.4. The third-order valence-electron chi connectivity index (χ3n) is 11.6. The highest BCUT2D eigenvalue weighted by Crippen LogP contribution is 2.47. The number of phosphoric ester groups is 1. The molecule has 0 amide bonds. The van der Waals surface area contributed by atoms with Crippen molar-refractivity contribution in [2.45, 2.75) is 262 Å². The third-order valence-corrected chi connectivity index (χ3v) is 12.6. The number of rotatable bonds is 41. The molecule has 1 aliphatic carbocycles. The fraction of sp³-hybridized carbons (Fsp3) is 0.915. The molecule has 61 heavy (non-hydrogen) atoms. The highest BCUT2D eigenvalue weighted by Gasteiger charge is 2.51. The Morgan fingerprint density at radius 3 is 1.25 bits per heavy atom. The summed E-state index contributed by atoms with van der Waals surface area (Å²) in [5.74, 6) is -1.10. The Bertz CT molecular complexity index is 1120. The number of esters is 2. The molecule has 0 aromatic heterocycles. The molecular formula is C47H89O13P. The minimum Gasteiger partial charge on any atom is -0.462 e.